The van der Waals surface area contributed by atoms with Crippen molar-refractivity contribution in [2.75, 3.05) is 13.1 Å². The van der Waals surface area contributed by atoms with Crippen LogP contribution < -0.4 is 10.6 Å². The molecule has 0 spiro atoms. The van der Waals surface area contributed by atoms with Gasteiger partial charge in [0.2, 0.25) is 0 Å². The van der Waals surface area contributed by atoms with Gasteiger partial charge in [0, 0.05) is 13.1 Å². The predicted molar refractivity (Wildman–Crippen MR) is 86.1 cm³/mol. The van der Waals surface area contributed by atoms with E-state index in [1.807, 2.05) is 0 Å². The quantitative estimate of drug-likeness (QED) is 0.434. The van der Waals surface area contributed by atoms with Gasteiger partial charge in [0.1, 0.15) is 0 Å². The molecular formula is C15H32N2S. The lowest BCUT2D eigenvalue weighted by atomic mass is 10.1. The number of thiocarbonyl (C=S) groups is 1. The number of hydrogen-bond donors (Lipinski definition) is 2. The molecule has 0 aliphatic carbocycles. The van der Waals surface area contributed by atoms with Crippen molar-refractivity contribution in [3.05, 3.63) is 0 Å². The predicted octanol–water partition coefficient (Wildman–Crippen LogP) is 4.25. The van der Waals surface area contributed by atoms with E-state index in [4.69, 9.17) is 12.2 Å². The van der Waals surface area contributed by atoms with E-state index < -0.39 is 0 Å². The second-order valence-electron chi connectivity index (χ2n) is 5.51. The molecule has 2 N–H and O–H groups in total. The summed E-state index contributed by atoms with van der Waals surface area (Å²) in [5.74, 6) is 0.646. The molecule has 0 heterocycles. The maximum Gasteiger partial charge on any atom is 0.166 e. The highest BCUT2D eigenvalue weighted by Gasteiger charge is 1.97. The minimum absolute atomic E-state index is 0.646. The Morgan fingerprint density at radius 3 is 2.00 bits per heavy atom. The van der Waals surface area contributed by atoms with Gasteiger partial charge in [0.15, 0.2) is 5.11 Å². The molecule has 0 unspecified atom stereocenters. The fourth-order valence-electron chi connectivity index (χ4n) is 1.82. The Bertz CT molecular complexity index is 193. The van der Waals surface area contributed by atoms with Crippen LogP contribution in [-0.2, 0) is 0 Å². The molecule has 0 radical (unpaired) electrons. The molecule has 18 heavy (non-hydrogen) atoms. The number of nitrogens with one attached hydrogen (secondary N) is 2. The molecule has 3 heteroatoms. The third-order valence-electron chi connectivity index (χ3n) is 2.99. The summed E-state index contributed by atoms with van der Waals surface area (Å²) in [5, 5.41) is 7.31. The molecule has 0 fully saturated rings. The van der Waals surface area contributed by atoms with Gasteiger partial charge in [0.25, 0.3) is 0 Å². The lowest BCUT2D eigenvalue weighted by Crippen LogP contribution is -2.37. The summed E-state index contributed by atoms with van der Waals surface area (Å²) < 4.78 is 0. The zero-order valence-corrected chi connectivity index (χ0v) is 13.4. The second kappa shape index (κ2) is 13.1. The van der Waals surface area contributed by atoms with Gasteiger partial charge in [0.05, 0.1) is 0 Å². The lowest BCUT2D eigenvalue weighted by Gasteiger charge is -2.11. The first-order valence-electron chi connectivity index (χ1n) is 7.68. The molecule has 0 atom stereocenters. The van der Waals surface area contributed by atoms with Crippen molar-refractivity contribution in [1.29, 1.82) is 0 Å². The Kier molecular flexibility index (Phi) is 12.9. The molecule has 0 saturated heterocycles. The van der Waals surface area contributed by atoms with Crippen LogP contribution in [0.1, 0.15) is 72.1 Å². The maximum absolute atomic E-state index is 5.20. The van der Waals surface area contributed by atoms with Gasteiger partial charge in [-0.2, -0.15) is 0 Å². The molecule has 0 aromatic carbocycles. The van der Waals surface area contributed by atoms with Crippen molar-refractivity contribution in [2.45, 2.75) is 72.1 Å². The number of hydrogen-bond acceptors (Lipinski definition) is 1. The molecule has 0 aromatic heterocycles. The van der Waals surface area contributed by atoms with Crippen molar-refractivity contribution in [3.8, 4) is 0 Å². The third-order valence-corrected chi connectivity index (χ3v) is 3.28. The van der Waals surface area contributed by atoms with Gasteiger partial charge in [-0.05, 0) is 24.6 Å². The van der Waals surface area contributed by atoms with Gasteiger partial charge >= 0.3 is 0 Å². The van der Waals surface area contributed by atoms with Gasteiger partial charge in [-0.25, -0.2) is 0 Å². The van der Waals surface area contributed by atoms with E-state index in [0.717, 1.165) is 18.2 Å². The second-order valence-corrected chi connectivity index (χ2v) is 5.91. The van der Waals surface area contributed by atoms with Crippen molar-refractivity contribution in [3.63, 3.8) is 0 Å². The highest BCUT2D eigenvalue weighted by molar-refractivity contribution is 7.80. The first-order chi connectivity index (χ1) is 8.66. The summed E-state index contributed by atoms with van der Waals surface area (Å²) in [7, 11) is 0. The van der Waals surface area contributed by atoms with E-state index in [-0.39, 0.29) is 0 Å². The van der Waals surface area contributed by atoms with Crippen LogP contribution in [-0.4, -0.2) is 18.2 Å². The Balaban J connectivity index is 3.12. The standard InChI is InChI=1S/C15H32N2S/c1-4-5-6-7-8-9-10-11-12-16-15(18)17-13-14(2)3/h14H,4-13H2,1-3H3,(H2,16,17,18). The Hall–Kier alpha value is -0.310. The van der Waals surface area contributed by atoms with Crippen LogP contribution in [0.15, 0.2) is 0 Å². The summed E-state index contributed by atoms with van der Waals surface area (Å²) in [4.78, 5) is 0. The van der Waals surface area contributed by atoms with Gasteiger partial charge in [-0.3, -0.25) is 0 Å². The molecule has 108 valence electrons. The Morgan fingerprint density at radius 2 is 1.44 bits per heavy atom. The zero-order chi connectivity index (χ0) is 13.6. The molecule has 0 aliphatic rings. The van der Waals surface area contributed by atoms with E-state index in [1.165, 1.54) is 51.4 Å². The molecule has 0 rings (SSSR count). The van der Waals surface area contributed by atoms with Crippen molar-refractivity contribution in [2.24, 2.45) is 5.92 Å². The number of rotatable bonds is 11. The molecule has 0 saturated carbocycles. The van der Waals surface area contributed by atoms with E-state index in [1.54, 1.807) is 0 Å². The molecule has 0 aliphatic heterocycles. The Labute approximate surface area is 119 Å². The fraction of sp³-hybridized carbons (Fsp3) is 0.933. The van der Waals surface area contributed by atoms with E-state index in [0.29, 0.717) is 5.92 Å². The smallest absolute Gasteiger partial charge is 0.166 e. The highest BCUT2D eigenvalue weighted by atomic mass is 32.1. The van der Waals surface area contributed by atoms with E-state index in [2.05, 4.69) is 31.4 Å². The van der Waals surface area contributed by atoms with Crippen molar-refractivity contribution in [1.82, 2.24) is 10.6 Å². The fourth-order valence-corrected chi connectivity index (χ4v) is 2.01. The molecular weight excluding hydrogens is 240 g/mol. The summed E-state index contributed by atoms with van der Waals surface area (Å²) in [6.07, 6.45) is 10.9. The maximum atomic E-state index is 5.20. The monoisotopic (exact) mass is 272 g/mol. The number of unbranched alkanes of at least 4 members (excludes halogenated alkanes) is 7. The van der Waals surface area contributed by atoms with E-state index in [9.17, 15) is 0 Å². The average Bonchev–Trinajstić information content (AvgIpc) is 2.34. The summed E-state index contributed by atoms with van der Waals surface area (Å²) in [6.45, 7) is 8.62. The first-order valence-corrected chi connectivity index (χ1v) is 8.09. The highest BCUT2D eigenvalue weighted by Crippen LogP contribution is 2.07. The van der Waals surface area contributed by atoms with E-state index >= 15 is 0 Å². The summed E-state index contributed by atoms with van der Waals surface area (Å²) >= 11 is 5.20. The van der Waals surface area contributed by atoms with Crippen LogP contribution in [0.3, 0.4) is 0 Å². The average molecular weight is 273 g/mol. The molecule has 0 aromatic rings. The lowest BCUT2D eigenvalue weighted by molar-refractivity contribution is 0.570. The minimum Gasteiger partial charge on any atom is -0.363 e. The molecule has 2 nitrogen and oxygen atoms in total. The van der Waals surface area contributed by atoms with Crippen molar-refractivity contribution >= 4 is 17.3 Å². The topological polar surface area (TPSA) is 24.1 Å². The summed E-state index contributed by atoms with van der Waals surface area (Å²) in [5.41, 5.74) is 0. The SMILES string of the molecule is CCCCCCCCCCNC(=S)NCC(C)C. The minimum atomic E-state index is 0.646. The first kappa shape index (κ1) is 17.7. The van der Waals surface area contributed by atoms with Crippen LogP contribution in [0.4, 0.5) is 0 Å². The largest absolute Gasteiger partial charge is 0.363 e. The Morgan fingerprint density at radius 1 is 0.889 bits per heavy atom. The van der Waals surface area contributed by atoms with Crippen LogP contribution in [0.5, 0.6) is 0 Å². The van der Waals surface area contributed by atoms with Crippen LogP contribution >= 0.6 is 12.2 Å². The molecule has 0 amide bonds. The normalized spacial score (nSPS) is 10.7. The van der Waals surface area contributed by atoms with Crippen LogP contribution in [0.2, 0.25) is 0 Å². The van der Waals surface area contributed by atoms with Gasteiger partial charge < -0.3 is 10.6 Å². The van der Waals surface area contributed by atoms with Crippen LogP contribution in [0, 0.1) is 5.92 Å². The summed E-state index contributed by atoms with van der Waals surface area (Å²) in [6, 6.07) is 0. The molecule has 0 bridgehead atoms. The van der Waals surface area contributed by atoms with Crippen molar-refractivity contribution < 1.29 is 0 Å². The van der Waals surface area contributed by atoms with Gasteiger partial charge in [-0.1, -0.05) is 65.7 Å². The third kappa shape index (κ3) is 13.8. The van der Waals surface area contributed by atoms with Gasteiger partial charge in [-0.15, -0.1) is 0 Å². The zero-order valence-electron chi connectivity index (χ0n) is 12.6. The van der Waals surface area contributed by atoms with Crippen LogP contribution in [0.25, 0.3) is 0 Å².